The first-order valence-corrected chi connectivity index (χ1v) is 11.0. The molecule has 0 saturated carbocycles. The van der Waals surface area contributed by atoms with Crippen LogP contribution in [-0.2, 0) is 9.59 Å². The first-order valence-electron chi connectivity index (χ1n) is 10.2. The number of hydrogen-bond acceptors (Lipinski definition) is 6. The second kappa shape index (κ2) is 7.57. The van der Waals surface area contributed by atoms with E-state index < -0.39 is 11.8 Å². The molecule has 4 atom stereocenters. The Labute approximate surface area is 185 Å². The summed E-state index contributed by atoms with van der Waals surface area (Å²) in [7, 11) is 5.52. The monoisotopic (exact) mass is 433 g/mol. The molecular weight excluding hydrogens is 410 g/mol. The lowest BCUT2D eigenvalue weighted by molar-refractivity contribution is -0.122. The van der Waals surface area contributed by atoms with E-state index in [9.17, 15) is 9.59 Å². The molecule has 0 radical (unpaired) electrons. The van der Waals surface area contributed by atoms with Gasteiger partial charge in [0.25, 0.3) is 0 Å². The van der Waals surface area contributed by atoms with E-state index in [0.29, 0.717) is 5.69 Å². The molecule has 2 heterocycles. The minimum Gasteiger partial charge on any atom is -0.497 e. The Bertz CT molecular complexity index is 1090. The minimum atomic E-state index is -0.509. The van der Waals surface area contributed by atoms with Crippen molar-refractivity contribution in [1.82, 2.24) is 4.90 Å². The lowest BCUT2D eigenvalue weighted by atomic mass is 9.72. The van der Waals surface area contributed by atoms with Crippen LogP contribution in [0.5, 0.6) is 5.75 Å². The van der Waals surface area contributed by atoms with Crippen LogP contribution in [0.2, 0.25) is 0 Å². The van der Waals surface area contributed by atoms with Crippen molar-refractivity contribution < 1.29 is 14.3 Å². The van der Waals surface area contributed by atoms with Gasteiger partial charge in [-0.25, -0.2) is 4.90 Å². The summed E-state index contributed by atoms with van der Waals surface area (Å²) in [5.74, 6) is -0.757. The van der Waals surface area contributed by atoms with Crippen LogP contribution in [0.4, 0.5) is 5.69 Å². The molecule has 0 aromatic heterocycles. The number of nitrogens with zero attached hydrogens (tertiary/aromatic N) is 3. The van der Waals surface area contributed by atoms with Gasteiger partial charge in [-0.3, -0.25) is 14.6 Å². The summed E-state index contributed by atoms with van der Waals surface area (Å²) in [4.78, 5) is 36.5. The first-order chi connectivity index (χ1) is 15.0. The lowest BCUT2D eigenvalue weighted by Crippen LogP contribution is -2.36. The number of carbonyl (C=O) groups excluding carboxylic acids is 2. The summed E-state index contributed by atoms with van der Waals surface area (Å²) >= 11 is 1.59. The highest BCUT2D eigenvalue weighted by Crippen LogP contribution is 2.52. The molecule has 7 heteroatoms. The van der Waals surface area contributed by atoms with Gasteiger partial charge in [0.15, 0.2) is 5.17 Å². The maximum Gasteiger partial charge on any atom is 0.240 e. The highest BCUT2D eigenvalue weighted by atomic mass is 32.2. The number of amides is 2. The third-order valence-electron chi connectivity index (χ3n) is 6.12. The van der Waals surface area contributed by atoms with Gasteiger partial charge in [-0.05, 0) is 29.8 Å². The highest BCUT2D eigenvalue weighted by Gasteiger charge is 2.58. The predicted molar refractivity (Wildman–Crippen MR) is 122 cm³/mol. The molecule has 1 aliphatic carbocycles. The number of benzene rings is 2. The van der Waals surface area contributed by atoms with Gasteiger partial charge in [0.05, 0.1) is 30.7 Å². The Morgan fingerprint density at radius 3 is 2.29 bits per heavy atom. The van der Waals surface area contributed by atoms with Crippen molar-refractivity contribution in [3.63, 3.8) is 0 Å². The summed E-state index contributed by atoms with van der Waals surface area (Å²) in [6.45, 7) is 0. The van der Waals surface area contributed by atoms with Crippen LogP contribution in [-0.4, -0.2) is 49.1 Å². The number of amidine groups is 1. The molecule has 1 saturated heterocycles. The van der Waals surface area contributed by atoms with E-state index in [4.69, 9.17) is 9.73 Å². The molecule has 158 valence electrons. The number of rotatable bonds is 3. The van der Waals surface area contributed by atoms with Crippen molar-refractivity contribution in [2.24, 2.45) is 16.8 Å². The predicted octanol–water partition coefficient (Wildman–Crippen LogP) is 3.52. The molecule has 2 amide bonds. The van der Waals surface area contributed by atoms with Gasteiger partial charge in [0.2, 0.25) is 11.8 Å². The van der Waals surface area contributed by atoms with Gasteiger partial charge >= 0.3 is 0 Å². The topological polar surface area (TPSA) is 62.2 Å². The third kappa shape index (κ3) is 3.15. The fourth-order valence-electron chi connectivity index (χ4n) is 4.64. The number of ether oxygens (including phenoxy) is 1. The van der Waals surface area contributed by atoms with Crippen molar-refractivity contribution in [3.8, 4) is 5.75 Å². The van der Waals surface area contributed by atoms with E-state index in [1.54, 1.807) is 18.9 Å². The number of aliphatic imine (C=N–C) groups is 1. The summed E-state index contributed by atoms with van der Waals surface area (Å²) < 4.78 is 5.29. The zero-order valence-corrected chi connectivity index (χ0v) is 18.4. The van der Waals surface area contributed by atoms with Crippen molar-refractivity contribution in [1.29, 1.82) is 0 Å². The molecule has 2 aliphatic heterocycles. The highest BCUT2D eigenvalue weighted by molar-refractivity contribution is 8.17. The van der Waals surface area contributed by atoms with E-state index in [1.165, 1.54) is 4.90 Å². The van der Waals surface area contributed by atoms with Gasteiger partial charge in [0, 0.05) is 24.9 Å². The first kappa shape index (κ1) is 19.9. The number of hydrogen-bond donors (Lipinski definition) is 0. The van der Waals surface area contributed by atoms with Crippen LogP contribution >= 0.6 is 11.8 Å². The van der Waals surface area contributed by atoms with E-state index in [1.807, 2.05) is 73.6 Å². The molecule has 31 heavy (non-hydrogen) atoms. The van der Waals surface area contributed by atoms with Gasteiger partial charge in [0.1, 0.15) is 5.75 Å². The molecular formula is C24H23N3O3S. The van der Waals surface area contributed by atoms with E-state index in [-0.39, 0.29) is 23.8 Å². The average Bonchev–Trinajstić information content (AvgIpc) is 3.33. The Morgan fingerprint density at radius 1 is 0.968 bits per heavy atom. The Kier molecular flexibility index (Phi) is 4.85. The largest absolute Gasteiger partial charge is 0.497 e. The van der Waals surface area contributed by atoms with Gasteiger partial charge in [-0.2, -0.15) is 0 Å². The third-order valence-corrected chi connectivity index (χ3v) is 7.38. The zero-order chi connectivity index (χ0) is 21.7. The number of imide groups is 1. The number of anilines is 1. The fraction of sp³-hybridized carbons (Fsp3) is 0.292. The summed E-state index contributed by atoms with van der Waals surface area (Å²) in [6, 6.07) is 16.6. The molecule has 2 aromatic rings. The molecule has 6 nitrogen and oxygen atoms in total. The summed E-state index contributed by atoms with van der Waals surface area (Å²) in [5.41, 5.74) is 1.61. The maximum atomic E-state index is 13.6. The van der Waals surface area contributed by atoms with E-state index >= 15 is 0 Å². The van der Waals surface area contributed by atoms with Crippen LogP contribution in [0.3, 0.4) is 0 Å². The van der Waals surface area contributed by atoms with Crippen molar-refractivity contribution >= 4 is 34.4 Å². The quantitative estimate of drug-likeness (QED) is 0.693. The summed E-state index contributed by atoms with van der Waals surface area (Å²) in [5, 5.41) is 0.865. The average molecular weight is 434 g/mol. The van der Waals surface area contributed by atoms with Crippen LogP contribution in [0.25, 0.3) is 0 Å². The molecule has 5 rings (SSSR count). The molecule has 0 spiro atoms. The smallest absolute Gasteiger partial charge is 0.240 e. The zero-order valence-electron chi connectivity index (χ0n) is 17.6. The SMILES string of the molecule is COc1ccc([C@H]2C=C3SC(N(C)C)=N[C@H]3[C@H]3C(=O)N(c4ccccc4)C(=O)[C@H]32)cc1. The van der Waals surface area contributed by atoms with Crippen LogP contribution in [0.1, 0.15) is 11.5 Å². The van der Waals surface area contributed by atoms with Crippen molar-refractivity contribution in [2.45, 2.75) is 12.0 Å². The second-order valence-electron chi connectivity index (χ2n) is 8.12. The second-order valence-corrected chi connectivity index (χ2v) is 9.16. The Balaban J connectivity index is 1.62. The van der Waals surface area contributed by atoms with E-state index in [0.717, 1.165) is 21.4 Å². The van der Waals surface area contributed by atoms with Crippen molar-refractivity contribution in [2.75, 3.05) is 26.1 Å². The van der Waals surface area contributed by atoms with Crippen LogP contribution in [0, 0.1) is 11.8 Å². The molecule has 0 bridgehead atoms. The number of allylic oxidation sites excluding steroid dienone is 1. The number of carbonyl (C=O) groups is 2. The number of thioether (sulfide) groups is 1. The van der Waals surface area contributed by atoms with E-state index in [2.05, 4.69) is 6.08 Å². The van der Waals surface area contributed by atoms with Gasteiger partial charge < -0.3 is 9.64 Å². The van der Waals surface area contributed by atoms with Crippen LogP contribution in [0.15, 0.2) is 70.6 Å². The van der Waals surface area contributed by atoms with Crippen molar-refractivity contribution in [3.05, 3.63) is 71.1 Å². The lowest BCUT2D eigenvalue weighted by Gasteiger charge is -2.31. The molecule has 0 unspecified atom stereocenters. The molecule has 0 N–H and O–H groups in total. The summed E-state index contributed by atoms with van der Waals surface area (Å²) in [6.07, 6.45) is 2.14. The molecule has 1 fully saturated rings. The molecule has 3 aliphatic rings. The normalized spacial score (nSPS) is 26.9. The Morgan fingerprint density at radius 2 is 1.65 bits per heavy atom. The van der Waals surface area contributed by atoms with Crippen LogP contribution < -0.4 is 9.64 Å². The minimum absolute atomic E-state index is 0.157. The maximum absolute atomic E-state index is 13.6. The van der Waals surface area contributed by atoms with Gasteiger partial charge in [-0.1, -0.05) is 48.2 Å². The molecule has 2 aromatic carbocycles. The Hall–Kier alpha value is -3.06. The number of para-hydroxylation sites is 1. The fourth-order valence-corrected chi connectivity index (χ4v) is 5.73. The van der Waals surface area contributed by atoms with Gasteiger partial charge in [-0.15, -0.1) is 0 Å². The number of methoxy groups -OCH3 is 1. The standard InChI is InChI=1S/C24H23N3O3S/c1-26(2)24-25-21-18(31-24)13-17(14-9-11-16(30-3)12-10-14)19-20(21)23(29)27(22(19)28)15-7-5-4-6-8-15/h4-13,17,19-21H,1-3H3/t17-,19+,20+,21-/m1/s1. The number of fused-ring (bicyclic) bond motifs is 3.